The van der Waals surface area contributed by atoms with Gasteiger partial charge in [-0.3, -0.25) is 4.79 Å². The first kappa shape index (κ1) is 14.1. The first-order valence-corrected chi connectivity index (χ1v) is 6.73. The van der Waals surface area contributed by atoms with E-state index in [1.165, 1.54) is 11.3 Å². The summed E-state index contributed by atoms with van der Waals surface area (Å²) >= 11 is 1.49. The molecule has 4 nitrogen and oxygen atoms in total. The van der Waals surface area contributed by atoms with Gasteiger partial charge in [-0.2, -0.15) is 0 Å². The van der Waals surface area contributed by atoms with Gasteiger partial charge in [0.1, 0.15) is 5.69 Å². The molecule has 1 amide bonds. The van der Waals surface area contributed by atoms with Gasteiger partial charge in [0.25, 0.3) is 5.91 Å². The van der Waals surface area contributed by atoms with Gasteiger partial charge >= 0.3 is 0 Å². The van der Waals surface area contributed by atoms with Crippen molar-refractivity contribution in [1.82, 2.24) is 10.3 Å². The van der Waals surface area contributed by atoms with Crippen LogP contribution in [0.3, 0.4) is 0 Å². The number of nitrogens with two attached hydrogens (primary N) is 1. The molecular formula is C12H21N3OS. The number of hydrogen-bond acceptors (Lipinski definition) is 4. The Hall–Kier alpha value is -0.940. The van der Waals surface area contributed by atoms with Gasteiger partial charge in [-0.1, -0.05) is 20.8 Å². The highest BCUT2D eigenvalue weighted by Gasteiger charge is 2.13. The smallest absolute Gasteiger partial charge is 0.270 e. The molecule has 3 N–H and O–H groups in total. The largest absolute Gasteiger partial charge is 0.351 e. The van der Waals surface area contributed by atoms with Crippen molar-refractivity contribution in [1.29, 1.82) is 0 Å². The summed E-state index contributed by atoms with van der Waals surface area (Å²) in [5.74, 6) is -0.0891. The summed E-state index contributed by atoms with van der Waals surface area (Å²) in [7, 11) is 0. The fraction of sp³-hybridized carbons (Fsp3) is 0.667. The van der Waals surface area contributed by atoms with Crippen LogP contribution < -0.4 is 11.1 Å². The zero-order chi connectivity index (χ0) is 12.9. The predicted octanol–water partition coefficient (Wildman–Crippen LogP) is 1.81. The minimum atomic E-state index is -0.0891. The molecule has 0 aliphatic carbocycles. The van der Waals surface area contributed by atoms with Gasteiger partial charge < -0.3 is 11.1 Å². The number of carbonyl (C=O) groups excluding carboxylic acids is 1. The van der Waals surface area contributed by atoms with Crippen LogP contribution in [0.2, 0.25) is 0 Å². The summed E-state index contributed by atoms with van der Waals surface area (Å²) < 4.78 is 0. The molecule has 1 aromatic heterocycles. The topological polar surface area (TPSA) is 68.0 Å². The highest BCUT2D eigenvalue weighted by Crippen LogP contribution is 2.17. The zero-order valence-electron chi connectivity index (χ0n) is 10.7. The lowest BCUT2D eigenvalue weighted by atomic mass is 9.92. The summed E-state index contributed by atoms with van der Waals surface area (Å²) in [5, 5.41) is 5.60. The van der Waals surface area contributed by atoms with E-state index >= 15 is 0 Å². The van der Waals surface area contributed by atoms with Crippen LogP contribution in [0.4, 0.5) is 0 Å². The fourth-order valence-corrected chi connectivity index (χ4v) is 2.09. The van der Waals surface area contributed by atoms with Crippen molar-refractivity contribution in [3.8, 4) is 0 Å². The van der Waals surface area contributed by atoms with Crippen LogP contribution in [0.5, 0.6) is 0 Å². The molecule has 0 aromatic carbocycles. The summed E-state index contributed by atoms with van der Waals surface area (Å²) in [4.78, 5) is 16.0. The zero-order valence-corrected chi connectivity index (χ0v) is 11.6. The molecule has 0 spiro atoms. The highest BCUT2D eigenvalue weighted by atomic mass is 32.1. The molecule has 17 heavy (non-hydrogen) atoms. The van der Waals surface area contributed by atoms with Crippen molar-refractivity contribution in [3.63, 3.8) is 0 Å². The van der Waals surface area contributed by atoms with Gasteiger partial charge in [0.2, 0.25) is 0 Å². The molecule has 0 aliphatic heterocycles. The van der Waals surface area contributed by atoms with Crippen LogP contribution in [0.25, 0.3) is 0 Å². The van der Waals surface area contributed by atoms with E-state index in [2.05, 4.69) is 31.1 Å². The molecule has 0 unspecified atom stereocenters. The molecule has 5 heteroatoms. The molecular weight excluding hydrogens is 234 g/mol. The van der Waals surface area contributed by atoms with E-state index in [1.807, 2.05) is 0 Å². The van der Waals surface area contributed by atoms with Gasteiger partial charge in [0, 0.05) is 18.3 Å². The van der Waals surface area contributed by atoms with Gasteiger partial charge in [-0.15, -0.1) is 11.3 Å². The number of hydrogen-bond donors (Lipinski definition) is 2. The lowest BCUT2D eigenvalue weighted by Gasteiger charge is -2.17. The van der Waals surface area contributed by atoms with Crippen LogP contribution >= 0.6 is 11.3 Å². The molecule has 1 aromatic rings. The van der Waals surface area contributed by atoms with Gasteiger partial charge in [0.05, 0.1) is 5.01 Å². The molecule has 0 bridgehead atoms. The lowest BCUT2D eigenvalue weighted by molar-refractivity contribution is 0.0945. The maximum Gasteiger partial charge on any atom is 0.270 e. The van der Waals surface area contributed by atoms with E-state index in [0.717, 1.165) is 17.8 Å². The van der Waals surface area contributed by atoms with Crippen LogP contribution in [-0.2, 0) is 6.42 Å². The van der Waals surface area contributed by atoms with E-state index in [1.54, 1.807) is 5.38 Å². The standard InChI is InChI=1S/C12H21N3OS/c1-12(2,3)5-7-14-11(16)9-8-17-10(15-9)4-6-13/h8H,4-7,13H2,1-3H3,(H,14,16). The summed E-state index contributed by atoms with van der Waals surface area (Å²) in [6.45, 7) is 7.72. The second kappa shape index (κ2) is 6.12. The maximum absolute atomic E-state index is 11.7. The quantitative estimate of drug-likeness (QED) is 0.843. The third-order valence-corrected chi connectivity index (χ3v) is 3.21. The van der Waals surface area contributed by atoms with Gasteiger partial charge in [-0.05, 0) is 18.4 Å². The molecule has 0 atom stereocenters. The highest BCUT2D eigenvalue weighted by molar-refractivity contribution is 7.09. The molecule has 0 fully saturated rings. The van der Waals surface area contributed by atoms with Crippen molar-refractivity contribution in [3.05, 3.63) is 16.1 Å². The summed E-state index contributed by atoms with van der Waals surface area (Å²) in [5.41, 5.74) is 6.18. The summed E-state index contributed by atoms with van der Waals surface area (Å²) in [6, 6.07) is 0. The van der Waals surface area contributed by atoms with Gasteiger partial charge in [-0.25, -0.2) is 4.98 Å². The number of nitrogens with one attached hydrogen (secondary N) is 1. The van der Waals surface area contributed by atoms with Crippen molar-refractivity contribution < 1.29 is 4.79 Å². The average molecular weight is 255 g/mol. The third-order valence-electron chi connectivity index (χ3n) is 2.30. The molecule has 0 radical (unpaired) electrons. The molecule has 1 heterocycles. The Morgan fingerprint density at radius 2 is 2.24 bits per heavy atom. The van der Waals surface area contributed by atoms with Crippen molar-refractivity contribution in [2.45, 2.75) is 33.6 Å². The van der Waals surface area contributed by atoms with Gasteiger partial charge in [0.15, 0.2) is 0 Å². The second-order valence-electron chi connectivity index (χ2n) is 5.23. The number of carbonyl (C=O) groups is 1. The van der Waals surface area contributed by atoms with Crippen molar-refractivity contribution in [2.75, 3.05) is 13.1 Å². The van der Waals surface area contributed by atoms with Crippen LogP contribution in [0, 0.1) is 5.41 Å². The Kier molecular flexibility index (Phi) is 5.08. The molecule has 96 valence electrons. The first-order valence-electron chi connectivity index (χ1n) is 5.85. The average Bonchev–Trinajstić information content (AvgIpc) is 2.65. The number of rotatable bonds is 5. The Balaban J connectivity index is 2.41. The van der Waals surface area contributed by atoms with E-state index in [9.17, 15) is 4.79 Å². The van der Waals surface area contributed by atoms with E-state index in [0.29, 0.717) is 18.8 Å². The molecule has 1 rings (SSSR count). The Morgan fingerprint density at radius 3 is 2.82 bits per heavy atom. The molecule has 0 aliphatic rings. The van der Waals surface area contributed by atoms with Crippen LogP contribution in [0.1, 0.15) is 42.7 Å². The number of nitrogens with zero attached hydrogens (tertiary/aromatic N) is 1. The van der Waals surface area contributed by atoms with Crippen molar-refractivity contribution in [2.24, 2.45) is 11.1 Å². The van der Waals surface area contributed by atoms with Crippen LogP contribution in [0.15, 0.2) is 5.38 Å². The number of thiazole rings is 1. The van der Waals surface area contributed by atoms with E-state index in [-0.39, 0.29) is 11.3 Å². The lowest BCUT2D eigenvalue weighted by Crippen LogP contribution is -2.27. The normalized spacial score (nSPS) is 11.5. The number of aromatic nitrogens is 1. The maximum atomic E-state index is 11.7. The Labute approximate surface area is 107 Å². The third kappa shape index (κ3) is 5.28. The SMILES string of the molecule is CC(C)(C)CCNC(=O)c1csc(CCN)n1. The monoisotopic (exact) mass is 255 g/mol. The summed E-state index contributed by atoms with van der Waals surface area (Å²) in [6.07, 6.45) is 1.69. The molecule has 0 saturated heterocycles. The Morgan fingerprint density at radius 1 is 1.53 bits per heavy atom. The molecule has 0 saturated carbocycles. The second-order valence-corrected chi connectivity index (χ2v) is 6.17. The van der Waals surface area contributed by atoms with E-state index in [4.69, 9.17) is 5.73 Å². The first-order chi connectivity index (χ1) is 7.92. The minimum Gasteiger partial charge on any atom is -0.351 e. The number of amides is 1. The minimum absolute atomic E-state index is 0.0891. The van der Waals surface area contributed by atoms with E-state index < -0.39 is 0 Å². The Bertz CT molecular complexity index is 368. The predicted molar refractivity (Wildman–Crippen MR) is 71.3 cm³/mol. The van der Waals surface area contributed by atoms with Crippen molar-refractivity contribution >= 4 is 17.2 Å². The fourth-order valence-electron chi connectivity index (χ4n) is 1.30. The van der Waals surface area contributed by atoms with Crippen LogP contribution in [-0.4, -0.2) is 24.0 Å².